The first-order valence-corrected chi connectivity index (χ1v) is 10.2. The Kier molecular flexibility index (Phi) is 4.22. The van der Waals surface area contributed by atoms with Crippen LogP contribution in [0.1, 0.15) is 29.3 Å². The van der Waals surface area contributed by atoms with Gasteiger partial charge >= 0.3 is 0 Å². The van der Waals surface area contributed by atoms with Gasteiger partial charge in [-0.1, -0.05) is 17.7 Å². The van der Waals surface area contributed by atoms with Gasteiger partial charge in [-0.2, -0.15) is 0 Å². The maximum Gasteiger partial charge on any atom is 0.268 e. The molecule has 0 radical (unpaired) electrons. The summed E-state index contributed by atoms with van der Waals surface area (Å²) in [7, 11) is -1.91. The molecule has 1 aliphatic carbocycles. The first kappa shape index (κ1) is 17.4. The molecule has 26 heavy (non-hydrogen) atoms. The van der Waals surface area contributed by atoms with Gasteiger partial charge in [0, 0.05) is 17.3 Å². The Morgan fingerprint density at radius 3 is 2.73 bits per heavy atom. The van der Waals surface area contributed by atoms with E-state index in [0.29, 0.717) is 16.5 Å². The summed E-state index contributed by atoms with van der Waals surface area (Å²) in [5.41, 5.74) is 2.62. The van der Waals surface area contributed by atoms with E-state index in [0.717, 1.165) is 29.7 Å². The van der Waals surface area contributed by atoms with Crippen molar-refractivity contribution in [1.29, 1.82) is 0 Å². The van der Waals surface area contributed by atoms with Crippen LogP contribution in [0.5, 0.6) is 0 Å². The number of hydrogen-bond acceptors (Lipinski definition) is 4. The van der Waals surface area contributed by atoms with E-state index in [1.54, 1.807) is 24.4 Å². The maximum atomic E-state index is 13.3. The topological polar surface area (TPSA) is 64.2 Å². The zero-order valence-corrected chi connectivity index (χ0v) is 16.1. The molecule has 3 aromatic rings. The molecule has 0 bridgehead atoms. The lowest BCUT2D eigenvalue weighted by Gasteiger charge is -2.12. The lowest BCUT2D eigenvalue weighted by Crippen LogP contribution is -2.16. The van der Waals surface area contributed by atoms with Gasteiger partial charge in [-0.3, -0.25) is 0 Å². The number of furan rings is 1. The SMILES string of the molecule is CNC1CCc2c1cn(S(=O)(=O)c1cccc(Cl)c1)c2-c1ccc(C)o1. The monoisotopic (exact) mass is 390 g/mol. The third-order valence-electron chi connectivity index (χ3n) is 4.84. The Balaban J connectivity index is 1.97. The van der Waals surface area contributed by atoms with Gasteiger partial charge < -0.3 is 9.73 Å². The van der Waals surface area contributed by atoms with Crippen molar-refractivity contribution in [3.8, 4) is 11.5 Å². The first-order valence-electron chi connectivity index (χ1n) is 8.41. The average Bonchev–Trinajstić information content (AvgIpc) is 3.29. The van der Waals surface area contributed by atoms with Crippen LogP contribution in [-0.4, -0.2) is 19.4 Å². The summed E-state index contributed by atoms with van der Waals surface area (Å²) in [6.07, 6.45) is 3.45. The van der Waals surface area contributed by atoms with Crippen molar-refractivity contribution in [3.63, 3.8) is 0 Å². The van der Waals surface area contributed by atoms with Gasteiger partial charge in [0.2, 0.25) is 0 Å². The number of benzene rings is 1. The molecule has 0 amide bonds. The second kappa shape index (κ2) is 6.30. The Morgan fingerprint density at radius 1 is 1.27 bits per heavy atom. The van der Waals surface area contributed by atoms with Crippen molar-refractivity contribution < 1.29 is 12.8 Å². The van der Waals surface area contributed by atoms with E-state index in [1.165, 1.54) is 10.0 Å². The van der Waals surface area contributed by atoms with Crippen LogP contribution in [0.15, 0.2) is 51.9 Å². The number of fused-ring (bicyclic) bond motifs is 1. The number of aromatic nitrogens is 1. The lowest BCUT2D eigenvalue weighted by atomic mass is 10.1. The Labute approximate surface area is 157 Å². The van der Waals surface area contributed by atoms with Gasteiger partial charge in [0.25, 0.3) is 10.0 Å². The largest absolute Gasteiger partial charge is 0.460 e. The zero-order chi connectivity index (χ0) is 18.5. The number of aryl methyl sites for hydroxylation is 1. The van der Waals surface area contributed by atoms with Gasteiger partial charge in [-0.05, 0) is 68.3 Å². The standard InChI is InChI=1S/C19H19ClN2O3S/c1-12-6-9-18(25-12)19-15-7-8-17(21-2)16(15)11-22(19)26(23,24)14-5-3-4-13(20)10-14/h3-6,9-11,17,21H,7-8H2,1-2H3. The highest BCUT2D eigenvalue weighted by atomic mass is 35.5. The molecule has 0 saturated heterocycles. The summed E-state index contributed by atoms with van der Waals surface area (Å²) < 4.78 is 33.8. The van der Waals surface area contributed by atoms with Crippen LogP contribution in [0.3, 0.4) is 0 Å². The highest BCUT2D eigenvalue weighted by Gasteiger charge is 2.33. The molecule has 7 heteroatoms. The van der Waals surface area contributed by atoms with Crippen LogP contribution in [0.4, 0.5) is 0 Å². The Morgan fingerprint density at radius 2 is 2.08 bits per heavy atom. The molecule has 4 rings (SSSR count). The van der Waals surface area contributed by atoms with E-state index in [9.17, 15) is 8.42 Å². The summed E-state index contributed by atoms with van der Waals surface area (Å²) in [6.45, 7) is 1.85. The normalized spacial score (nSPS) is 16.8. The summed E-state index contributed by atoms with van der Waals surface area (Å²) in [5, 5.41) is 3.64. The van der Waals surface area contributed by atoms with Crippen LogP contribution in [0.2, 0.25) is 5.02 Å². The van der Waals surface area contributed by atoms with Gasteiger partial charge in [-0.25, -0.2) is 12.4 Å². The fraction of sp³-hybridized carbons (Fsp3) is 0.263. The minimum Gasteiger partial charge on any atom is -0.460 e. The highest BCUT2D eigenvalue weighted by Crippen LogP contribution is 2.41. The molecule has 1 aliphatic rings. The molecule has 0 fully saturated rings. The van der Waals surface area contributed by atoms with Crippen molar-refractivity contribution in [3.05, 3.63) is 64.5 Å². The maximum absolute atomic E-state index is 13.3. The summed E-state index contributed by atoms with van der Waals surface area (Å²) in [4.78, 5) is 0.157. The van der Waals surface area contributed by atoms with E-state index in [-0.39, 0.29) is 10.9 Å². The highest BCUT2D eigenvalue weighted by molar-refractivity contribution is 7.90. The van der Waals surface area contributed by atoms with Crippen LogP contribution in [0, 0.1) is 6.92 Å². The second-order valence-corrected chi connectivity index (χ2v) is 8.71. The van der Waals surface area contributed by atoms with Crippen molar-refractivity contribution in [1.82, 2.24) is 9.29 Å². The molecule has 1 aromatic carbocycles. The lowest BCUT2D eigenvalue weighted by molar-refractivity contribution is 0.542. The fourth-order valence-electron chi connectivity index (χ4n) is 3.60. The molecular formula is C19H19ClN2O3S. The molecular weight excluding hydrogens is 372 g/mol. The minimum atomic E-state index is -3.80. The smallest absolute Gasteiger partial charge is 0.268 e. The first-order chi connectivity index (χ1) is 12.4. The quantitative estimate of drug-likeness (QED) is 0.726. The predicted molar refractivity (Wildman–Crippen MR) is 101 cm³/mol. The summed E-state index contributed by atoms with van der Waals surface area (Å²) >= 11 is 6.02. The van der Waals surface area contributed by atoms with Gasteiger partial charge in [0.15, 0.2) is 5.76 Å². The second-order valence-electron chi connectivity index (χ2n) is 6.46. The number of nitrogens with zero attached hydrogens (tertiary/aromatic N) is 1. The van der Waals surface area contributed by atoms with Crippen molar-refractivity contribution in [2.45, 2.75) is 30.7 Å². The summed E-state index contributed by atoms with van der Waals surface area (Å²) in [6, 6.07) is 10.1. The number of hydrogen-bond donors (Lipinski definition) is 1. The van der Waals surface area contributed by atoms with Crippen molar-refractivity contribution in [2.24, 2.45) is 0 Å². The van der Waals surface area contributed by atoms with E-state index < -0.39 is 10.0 Å². The molecule has 2 aromatic heterocycles. The van der Waals surface area contributed by atoms with Crippen LogP contribution in [0.25, 0.3) is 11.5 Å². The molecule has 0 aliphatic heterocycles. The number of nitrogens with one attached hydrogen (secondary N) is 1. The molecule has 136 valence electrons. The molecule has 1 N–H and O–H groups in total. The Hall–Kier alpha value is -2.02. The van der Waals surface area contributed by atoms with Crippen molar-refractivity contribution in [2.75, 3.05) is 7.05 Å². The molecule has 5 nitrogen and oxygen atoms in total. The molecule has 2 heterocycles. The van der Waals surface area contributed by atoms with Crippen LogP contribution < -0.4 is 5.32 Å². The van der Waals surface area contributed by atoms with Crippen LogP contribution in [-0.2, 0) is 16.4 Å². The zero-order valence-electron chi connectivity index (χ0n) is 14.5. The third-order valence-corrected chi connectivity index (χ3v) is 6.74. The summed E-state index contributed by atoms with van der Waals surface area (Å²) in [5.74, 6) is 1.30. The van der Waals surface area contributed by atoms with E-state index in [1.807, 2.05) is 26.1 Å². The molecule has 0 saturated carbocycles. The van der Waals surface area contributed by atoms with E-state index in [2.05, 4.69) is 5.32 Å². The molecule has 1 atom stereocenters. The number of halogens is 1. The molecule has 0 spiro atoms. The fourth-order valence-corrected chi connectivity index (χ4v) is 5.30. The number of rotatable bonds is 4. The van der Waals surface area contributed by atoms with E-state index >= 15 is 0 Å². The average molecular weight is 391 g/mol. The van der Waals surface area contributed by atoms with E-state index in [4.69, 9.17) is 16.0 Å². The van der Waals surface area contributed by atoms with Gasteiger partial charge in [-0.15, -0.1) is 0 Å². The predicted octanol–water partition coefficient (Wildman–Crippen LogP) is 4.15. The minimum absolute atomic E-state index is 0.135. The van der Waals surface area contributed by atoms with Gasteiger partial charge in [0.05, 0.1) is 4.90 Å². The molecule has 1 unspecified atom stereocenters. The third kappa shape index (κ3) is 2.69. The van der Waals surface area contributed by atoms with Crippen molar-refractivity contribution >= 4 is 21.6 Å². The Bertz CT molecular complexity index is 1080. The van der Waals surface area contributed by atoms with Gasteiger partial charge in [0.1, 0.15) is 11.5 Å². The van der Waals surface area contributed by atoms with Crippen LogP contribution >= 0.6 is 11.6 Å².